The highest BCUT2D eigenvalue weighted by atomic mass is 32.2. The molecule has 0 spiro atoms. The lowest BCUT2D eigenvalue weighted by Gasteiger charge is -2.22. The van der Waals surface area contributed by atoms with Crippen molar-refractivity contribution in [3.63, 3.8) is 0 Å². The van der Waals surface area contributed by atoms with Crippen molar-refractivity contribution in [2.24, 2.45) is 5.73 Å². The Bertz CT molecular complexity index is 876. The predicted octanol–water partition coefficient (Wildman–Crippen LogP) is 2.26. The van der Waals surface area contributed by atoms with Gasteiger partial charge in [-0.3, -0.25) is 4.79 Å². The van der Waals surface area contributed by atoms with Gasteiger partial charge in [0, 0.05) is 19.2 Å². The summed E-state index contributed by atoms with van der Waals surface area (Å²) in [5.74, 6) is -0.169. The highest BCUT2D eigenvalue weighted by Crippen LogP contribution is 2.27. The first kappa shape index (κ1) is 19.1. The van der Waals surface area contributed by atoms with Crippen molar-refractivity contribution in [3.05, 3.63) is 64.7 Å². The second-order valence-corrected chi connectivity index (χ2v) is 8.26. The SMILES string of the molecule is Cc1ccc(C(NC(=O)CCN)c2cccc(S(C)(=O)=O)c2)c(C)c1. The summed E-state index contributed by atoms with van der Waals surface area (Å²) in [4.78, 5) is 12.4. The summed E-state index contributed by atoms with van der Waals surface area (Å²) < 4.78 is 23.8. The van der Waals surface area contributed by atoms with Gasteiger partial charge in [0.2, 0.25) is 5.91 Å². The normalized spacial score (nSPS) is 12.6. The molecule has 0 aromatic heterocycles. The van der Waals surface area contributed by atoms with Gasteiger partial charge >= 0.3 is 0 Å². The van der Waals surface area contributed by atoms with Crippen molar-refractivity contribution in [1.29, 1.82) is 0 Å². The summed E-state index contributed by atoms with van der Waals surface area (Å²) in [6.07, 6.45) is 1.39. The summed E-state index contributed by atoms with van der Waals surface area (Å²) in [5, 5.41) is 2.98. The van der Waals surface area contributed by atoms with Crippen LogP contribution in [-0.4, -0.2) is 27.1 Å². The smallest absolute Gasteiger partial charge is 0.222 e. The molecule has 5 nitrogen and oxygen atoms in total. The zero-order valence-electron chi connectivity index (χ0n) is 14.7. The molecule has 0 saturated heterocycles. The molecule has 1 unspecified atom stereocenters. The van der Waals surface area contributed by atoms with E-state index in [0.29, 0.717) is 0 Å². The Labute approximate surface area is 149 Å². The van der Waals surface area contributed by atoms with Gasteiger partial charge in [0.1, 0.15) is 0 Å². The average molecular weight is 360 g/mol. The van der Waals surface area contributed by atoms with Crippen LogP contribution in [0.25, 0.3) is 0 Å². The van der Waals surface area contributed by atoms with Gasteiger partial charge in [0.05, 0.1) is 10.9 Å². The van der Waals surface area contributed by atoms with Crippen molar-refractivity contribution < 1.29 is 13.2 Å². The lowest BCUT2D eigenvalue weighted by atomic mass is 9.93. The number of benzene rings is 2. The van der Waals surface area contributed by atoms with Crippen molar-refractivity contribution >= 4 is 15.7 Å². The largest absolute Gasteiger partial charge is 0.345 e. The van der Waals surface area contributed by atoms with E-state index in [-0.39, 0.29) is 23.8 Å². The summed E-state index contributed by atoms with van der Waals surface area (Å²) in [6, 6.07) is 12.2. The van der Waals surface area contributed by atoms with Crippen LogP contribution in [0.15, 0.2) is 47.4 Å². The molecule has 25 heavy (non-hydrogen) atoms. The maximum Gasteiger partial charge on any atom is 0.222 e. The van der Waals surface area contributed by atoms with Crippen LogP contribution < -0.4 is 11.1 Å². The molecule has 2 rings (SSSR count). The van der Waals surface area contributed by atoms with Gasteiger partial charge in [-0.15, -0.1) is 0 Å². The molecule has 0 heterocycles. The Morgan fingerprint density at radius 1 is 1.16 bits per heavy atom. The van der Waals surface area contributed by atoms with Gasteiger partial charge in [-0.1, -0.05) is 35.9 Å². The van der Waals surface area contributed by atoms with E-state index >= 15 is 0 Å². The molecular weight excluding hydrogens is 336 g/mol. The first-order valence-electron chi connectivity index (χ1n) is 8.09. The van der Waals surface area contributed by atoms with E-state index < -0.39 is 15.9 Å². The molecule has 2 aromatic rings. The Kier molecular flexibility index (Phi) is 5.98. The van der Waals surface area contributed by atoms with E-state index in [1.807, 2.05) is 38.1 Å². The molecule has 6 heteroatoms. The minimum Gasteiger partial charge on any atom is -0.345 e. The van der Waals surface area contributed by atoms with E-state index in [9.17, 15) is 13.2 Å². The third-order valence-electron chi connectivity index (χ3n) is 4.03. The van der Waals surface area contributed by atoms with Crippen molar-refractivity contribution in [2.45, 2.75) is 31.2 Å². The fourth-order valence-corrected chi connectivity index (χ4v) is 3.46. The minimum absolute atomic E-state index is 0.169. The number of carbonyl (C=O) groups excluding carboxylic acids is 1. The van der Waals surface area contributed by atoms with Gasteiger partial charge in [-0.2, -0.15) is 0 Å². The molecule has 0 saturated carbocycles. The van der Waals surface area contributed by atoms with Gasteiger partial charge < -0.3 is 11.1 Å². The van der Waals surface area contributed by atoms with Crippen LogP contribution in [-0.2, 0) is 14.6 Å². The second kappa shape index (κ2) is 7.80. The Morgan fingerprint density at radius 2 is 1.88 bits per heavy atom. The van der Waals surface area contributed by atoms with Crippen LogP contribution in [0.5, 0.6) is 0 Å². The highest BCUT2D eigenvalue weighted by Gasteiger charge is 2.20. The maximum absolute atomic E-state index is 12.2. The predicted molar refractivity (Wildman–Crippen MR) is 99.1 cm³/mol. The molecule has 0 aliphatic carbocycles. The molecule has 0 fully saturated rings. The van der Waals surface area contributed by atoms with E-state index in [0.717, 1.165) is 22.3 Å². The number of nitrogens with one attached hydrogen (secondary N) is 1. The lowest BCUT2D eigenvalue weighted by Crippen LogP contribution is -2.31. The minimum atomic E-state index is -3.33. The van der Waals surface area contributed by atoms with Crippen LogP contribution in [0.4, 0.5) is 0 Å². The maximum atomic E-state index is 12.2. The number of amides is 1. The van der Waals surface area contributed by atoms with E-state index in [2.05, 4.69) is 5.32 Å². The summed E-state index contributed by atoms with van der Waals surface area (Å²) >= 11 is 0. The fourth-order valence-electron chi connectivity index (χ4n) is 2.78. The Hall–Kier alpha value is -2.18. The van der Waals surface area contributed by atoms with E-state index in [1.54, 1.807) is 18.2 Å². The van der Waals surface area contributed by atoms with Crippen LogP contribution in [0, 0.1) is 13.8 Å². The number of sulfone groups is 1. The summed E-state index contributed by atoms with van der Waals surface area (Å²) in [7, 11) is -3.33. The second-order valence-electron chi connectivity index (χ2n) is 6.24. The molecule has 1 atom stereocenters. The monoisotopic (exact) mass is 360 g/mol. The molecule has 134 valence electrons. The van der Waals surface area contributed by atoms with Gasteiger partial charge in [0.15, 0.2) is 9.84 Å². The molecule has 3 N–H and O–H groups in total. The molecule has 0 aliphatic rings. The standard InChI is InChI=1S/C19H24N2O3S/c1-13-7-8-17(14(2)11-13)19(21-18(22)9-10-20)15-5-4-6-16(12-15)25(3,23)24/h4-8,11-12,19H,9-10,20H2,1-3H3,(H,21,22). The van der Waals surface area contributed by atoms with Crippen molar-refractivity contribution in [2.75, 3.05) is 12.8 Å². The van der Waals surface area contributed by atoms with Crippen LogP contribution in [0.3, 0.4) is 0 Å². The van der Waals surface area contributed by atoms with Gasteiger partial charge in [-0.25, -0.2) is 8.42 Å². The number of hydrogen-bond acceptors (Lipinski definition) is 4. The zero-order valence-corrected chi connectivity index (χ0v) is 15.6. The number of aryl methyl sites for hydroxylation is 2. The number of rotatable bonds is 6. The van der Waals surface area contributed by atoms with E-state index in [1.165, 1.54) is 6.26 Å². The summed E-state index contributed by atoms with van der Waals surface area (Å²) in [5.41, 5.74) is 9.28. The molecule has 2 aromatic carbocycles. The molecular formula is C19H24N2O3S. The zero-order chi connectivity index (χ0) is 18.6. The Balaban J connectivity index is 2.53. The number of hydrogen-bond donors (Lipinski definition) is 2. The third-order valence-corrected chi connectivity index (χ3v) is 5.14. The van der Waals surface area contributed by atoms with Gasteiger partial charge in [-0.05, 0) is 42.7 Å². The first-order chi connectivity index (χ1) is 11.7. The van der Waals surface area contributed by atoms with E-state index in [4.69, 9.17) is 5.73 Å². The van der Waals surface area contributed by atoms with Crippen LogP contribution in [0.2, 0.25) is 0 Å². The lowest BCUT2D eigenvalue weighted by molar-refractivity contribution is -0.121. The quantitative estimate of drug-likeness (QED) is 0.827. The highest BCUT2D eigenvalue weighted by molar-refractivity contribution is 7.90. The Morgan fingerprint density at radius 3 is 2.48 bits per heavy atom. The molecule has 1 amide bonds. The van der Waals surface area contributed by atoms with Crippen molar-refractivity contribution in [3.8, 4) is 0 Å². The van der Waals surface area contributed by atoms with Gasteiger partial charge in [0.25, 0.3) is 0 Å². The van der Waals surface area contributed by atoms with Crippen molar-refractivity contribution in [1.82, 2.24) is 5.32 Å². The third kappa shape index (κ3) is 4.90. The summed E-state index contributed by atoms with van der Waals surface area (Å²) in [6.45, 7) is 4.24. The first-order valence-corrected chi connectivity index (χ1v) is 9.98. The number of carbonyl (C=O) groups is 1. The fraction of sp³-hybridized carbons (Fsp3) is 0.316. The molecule has 0 aliphatic heterocycles. The number of nitrogens with two attached hydrogens (primary N) is 1. The molecule has 0 radical (unpaired) electrons. The topological polar surface area (TPSA) is 89.3 Å². The van der Waals surface area contributed by atoms with Crippen LogP contribution in [0.1, 0.15) is 34.7 Å². The average Bonchev–Trinajstić information content (AvgIpc) is 2.53. The van der Waals surface area contributed by atoms with Crippen LogP contribution >= 0.6 is 0 Å². The molecule has 0 bridgehead atoms.